The fourth-order valence-electron chi connectivity index (χ4n) is 1.68. The Morgan fingerprint density at radius 1 is 1.31 bits per heavy atom. The Balaban J connectivity index is 2.35. The maximum absolute atomic E-state index is 2.29. The van der Waals surface area contributed by atoms with Gasteiger partial charge in [0, 0.05) is 12.6 Å². The van der Waals surface area contributed by atoms with Crippen molar-refractivity contribution >= 4 is 5.69 Å². The molecule has 1 atom stereocenters. The van der Waals surface area contributed by atoms with E-state index in [1.807, 2.05) is 0 Å². The Bertz CT molecular complexity index is 331. The molecule has 0 amide bonds. The van der Waals surface area contributed by atoms with Crippen molar-refractivity contribution in [2.24, 2.45) is 0 Å². The van der Waals surface area contributed by atoms with Crippen LogP contribution in [0.1, 0.15) is 12.5 Å². The molecular weight excluding hydrogens is 160 g/mol. The van der Waals surface area contributed by atoms with Crippen LogP contribution in [-0.2, 0) is 0 Å². The summed E-state index contributed by atoms with van der Waals surface area (Å²) in [5.74, 6) is 0. The quantitative estimate of drug-likeness (QED) is 0.679. The van der Waals surface area contributed by atoms with Crippen LogP contribution in [0.4, 0.5) is 5.69 Å². The number of rotatable bonds is 1. The lowest BCUT2D eigenvalue weighted by molar-refractivity contribution is -0.612. The van der Waals surface area contributed by atoms with Crippen molar-refractivity contribution in [3.05, 3.63) is 42.2 Å². The lowest BCUT2D eigenvalue weighted by Gasteiger charge is -2.20. The van der Waals surface area contributed by atoms with Gasteiger partial charge in [-0.2, -0.15) is 0 Å². The van der Waals surface area contributed by atoms with Gasteiger partial charge < -0.3 is 0 Å². The molecule has 2 N–H and O–H groups in total. The number of nitrogens with two attached hydrogens (primary N) is 1. The molecule has 0 bridgehead atoms. The summed E-state index contributed by atoms with van der Waals surface area (Å²) < 4.78 is 0. The predicted octanol–water partition coefficient (Wildman–Crippen LogP) is 1.20. The van der Waals surface area contributed by atoms with E-state index in [1.165, 1.54) is 11.3 Å². The van der Waals surface area contributed by atoms with Gasteiger partial charge in [-0.3, -0.25) is 10.2 Å². The standard InChI is InChI=1S/C11H14N2/c1-9-5-3-4-6-11(9)13-8-7-12-10(13)2/h3-8,10,12H,1-2H3/p+1. The molecule has 0 aromatic heterocycles. The Morgan fingerprint density at radius 3 is 2.69 bits per heavy atom. The highest BCUT2D eigenvalue weighted by Crippen LogP contribution is 2.21. The fourth-order valence-corrected chi connectivity index (χ4v) is 1.68. The molecule has 1 aliphatic heterocycles. The van der Waals surface area contributed by atoms with Gasteiger partial charge in [-0.05, 0) is 18.6 Å². The van der Waals surface area contributed by atoms with Crippen LogP contribution in [0, 0.1) is 6.92 Å². The van der Waals surface area contributed by atoms with E-state index < -0.39 is 0 Å². The molecule has 0 aliphatic carbocycles. The van der Waals surface area contributed by atoms with Crippen molar-refractivity contribution < 1.29 is 5.32 Å². The van der Waals surface area contributed by atoms with Crippen molar-refractivity contribution in [2.45, 2.75) is 20.0 Å². The largest absolute Gasteiger partial charge is 0.299 e. The summed E-state index contributed by atoms with van der Waals surface area (Å²) in [5.41, 5.74) is 2.63. The second-order valence-corrected chi connectivity index (χ2v) is 3.47. The molecule has 0 radical (unpaired) electrons. The van der Waals surface area contributed by atoms with Gasteiger partial charge in [0.1, 0.15) is 6.20 Å². The number of benzene rings is 1. The number of hydrogen-bond donors (Lipinski definition) is 1. The Hall–Kier alpha value is -1.28. The SMILES string of the molecule is Cc1ccccc1N1C=C[NH2+]C1C. The minimum Gasteiger partial charge on any atom is -0.299 e. The first-order valence-electron chi connectivity index (χ1n) is 4.64. The second kappa shape index (κ2) is 3.23. The molecule has 0 fully saturated rings. The van der Waals surface area contributed by atoms with Gasteiger partial charge in [-0.15, -0.1) is 0 Å². The fraction of sp³-hybridized carbons (Fsp3) is 0.273. The maximum Gasteiger partial charge on any atom is 0.166 e. The maximum atomic E-state index is 2.29. The third-order valence-corrected chi connectivity index (χ3v) is 2.47. The molecule has 0 saturated heterocycles. The average molecular weight is 175 g/mol. The lowest BCUT2D eigenvalue weighted by Crippen LogP contribution is -2.84. The summed E-state index contributed by atoms with van der Waals surface area (Å²) >= 11 is 0. The van der Waals surface area contributed by atoms with E-state index in [1.54, 1.807) is 0 Å². The molecule has 1 aromatic carbocycles. The topological polar surface area (TPSA) is 19.9 Å². The minimum absolute atomic E-state index is 0.487. The van der Waals surface area contributed by atoms with Crippen molar-refractivity contribution in [1.82, 2.24) is 0 Å². The Labute approximate surface area is 78.9 Å². The molecule has 2 nitrogen and oxygen atoms in total. The Kier molecular flexibility index (Phi) is 2.07. The van der Waals surface area contributed by atoms with E-state index in [4.69, 9.17) is 0 Å². The van der Waals surface area contributed by atoms with Gasteiger partial charge in [0.2, 0.25) is 0 Å². The van der Waals surface area contributed by atoms with Crippen molar-refractivity contribution in [3.8, 4) is 0 Å². The van der Waals surface area contributed by atoms with E-state index in [-0.39, 0.29) is 0 Å². The highest BCUT2D eigenvalue weighted by molar-refractivity contribution is 5.55. The highest BCUT2D eigenvalue weighted by Gasteiger charge is 2.19. The van der Waals surface area contributed by atoms with Crippen LogP contribution in [0.25, 0.3) is 0 Å². The molecule has 1 aromatic rings. The Morgan fingerprint density at radius 2 is 2.08 bits per heavy atom. The van der Waals surface area contributed by atoms with Crippen LogP contribution < -0.4 is 10.2 Å². The molecule has 2 heteroatoms. The van der Waals surface area contributed by atoms with Crippen LogP contribution in [0.15, 0.2) is 36.7 Å². The second-order valence-electron chi connectivity index (χ2n) is 3.47. The van der Waals surface area contributed by atoms with Gasteiger partial charge >= 0.3 is 0 Å². The highest BCUT2D eigenvalue weighted by atomic mass is 15.3. The van der Waals surface area contributed by atoms with Crippen LogP contribution in [0.3, 0.4) is 0 Å². The summed E-state index contributed by atoms with van der Waals surface area (Å²) in [6.45, 7) is 4.35. The van der Waals surface area contributed by atoms with Crippen LogP contribution >= 0.6 is 0 Å². The molecule has 13 heavy (non-hydrogen) atoms. The number of aryl methyl sites for hydroxylation is 1. The van der Waals surface area contributed by atoms with Crippen LogP contribution in [0.2, 0.25) is 0 Å². The van der Waals surface area contributed by atoms with E-state index in [0.29, 0.717) is 6.17 Å². The van der Waals surface area contributed by atoms with Crippen LogP contribution in [-0.4, -0.2) is 6.17 Å². The molecule has 2 rings (SSSR count). The van der Waals surface area contributed by atoms with E-state index >= 15 is 0 Å². The lowest BCUT2D eigenvalue weighted by atomic mass is 10.2. The first kappa shape index (κ1) is 8.32. The zero-order valence-corrected chi connectivity index (χ0v) is 8.07. The van der Waals surface area contributed by atoms with Gasteiger partial charge in [-0.25, -0.2) is 0 Å². The van der Waals surface area contributed by atoms with E-state index in [9.17, 15) is 0 Å². The molecule has 0 saturated carbocycles. The first-order chi connectivity index (χ1) is 6.29. The number of nitrogens with zero attached hydrogens (tertiary/aromatic N) is 1. The normalized spacial score (nSPS) is 21.1. The number of para-hydroxylation sites is 1. The number of anilines is 1. The summed E-state index contributed by atoms with van der Waals surface area (Å²) in [6.07, 6.45) is 4.73. The molecular formula is C11H15N2+. The van der Waals surface area contributed by atoms with E-state index in [2.05, 4.69) is 60.7 Å². The zero-order chi connectivity index (χ0) is 9.26. The van der Waals surface area contributed by atoms with Gasteiger partial charge in [-0.1, -0.05) is 18.2 Å². The average Bonchev–Trinajstić information content (AvgIpc) is 2.52. The molecule has 0 spiro atoms. The van der Waals surface area contributed by atoms with Crippen molar-refractivity contribution in [2.75, 3.05) is 4.90 Å². The summed E-state index contributed by atoms with van der Waals surface area (Å²) in [4.78, 5) is 2.29. The van der Waals surface area contributed by atoms with Crippen molar-refractivity contribution in [1.29, 1.82) is 0 Å². The van der Waals surface area contributed by atoms with Gasteiger partial charge in [0.05, 0.1) is 6.20 Å². The third kappa shape index (κ3) is 1.45. The number of quaternary nitrogens is 1. The number of hydrogen-bond acceptors (Lipinski definition) is 1. The first-order valence-corrected chi connectivity index (χ1v) is 4.64. The smallest absolute Gasteiger partial charge is 0.166 e. The van der Waals surface area contributed by atoms with Gasteiger partial charge in [0.25, 0.3) is 0 Å². The van der Waals surface area contributed by atoms with Gasteiger partial charge in [0.15, 0.2) is 6.17 Å². The third-order valence-electron chi connectivity index (χ3n) is 2.47. The monoisotopic (exact) mass is 175 g/mol. The predicted molar refractivity (Wildman–Crippen MR) is 54.2 cm³/mol. The summed E-state index contributed by atoms with van der Waals surface area (Å²) in [5, 5.41) is 2.20. The molecule has 1 heterocycles. The van der Waals surface area contributed by atoms with E-state index in [0.717, 1.165) is 0 Å². The molecule has 1 aliphatic rings. The summed E-state index contributed by atoms with van der Waals surface area (Å²) in [6, 6.07) is 8.47. The zero-order valence-electron chi connectivity index (χ0n) is 8.07. The van der Waals surface area contributed by atoms with Crippen LogP contribution in [0.5, 0.6) is 0 Å². The minimum atomic E-state index is 0.487. The molecule has 1 unspecified atom stereocenters. The molecule has 68 valence electrons. The van der Waals surface area contributed by atoms with Crippen molar-refractivity contribution in [3.63, 3.8) is 0 Å². The summed E-state index contributed by atoms with van der Waals surface area (Å²) in [7, 11) is 0.